The quantitative estimate of drug-likeness (QED) is 0.705. The molecule has 1 atom stereocenters. The zero-order chi connectivity index (χ0) is 12.0. The minimum atomic E-state index is 0.136. The van der Waals surface area contributed by atoms with Crippen LogP contribution >= 0.6 is 0 Å². The van der Waals surface area contributed by atoms with Crippen LogP contribution in [0.2, 0.25) is 0 Å². The minimum Gasteiger partial charge on any atom is -0.376 e. The molecule has 0 aromatic carbocycles. The highest BCUT2D eigenvalue weighted by atomic mass is 16.5. The van der Waals surface area contributed by atoms with E-state index in [2.05, 4.69) is 32.7 Å². The normalized spacial score (nSPS) is 21.3. The number of nitrogens with one attached hydrogen (secondary N) is 1. The van der Waals surface area contributed by atoms with Crippen LogP contribution in [0.1, 0.15) is 33.6 Å². The van der Waals surface area contributed by atoms with Crippen molar-refractivity contribution in [3.8, 4) is 0 Å². The van der Waals surface area contributed by atoms with Gasteiger partial charge >= 0.3 is 0 Å². The maximum Gasteiger partial charge on any atom is 0.0809 e. The second-order valence-electron chi connectivity index (χ2n) is 5.50. The average Bonchev–Trinajstić information content (AvgIpc) is 2.66. The van der Waals surface area contributed by atoms with Gasteiger partial charge in [-0.15, -0.1) is 0 Å². The molecule has 0 aromatic rings. The SMILES string of the molecule is C=C(CNC(C)(C)C)COCC1CCCO1. The first-order valence-corrected chi connectivity index (χ1v) is 6.08. The Labute approximate surface area is 99.2 Å². The first kappa shape index (κ1) is 13.7. The van der Waals surface area contributed by atoms with E-state index in [9.17, 15) is 0 Å². The maximum atomic E-state index is 5.58. The molecule has 1 heterocycles. The van der Waals surface area contributed by atoms with E-state index < -0.39 is 0 Å². The lowest BCUT2D eigenvalue weighted by atomic mass is 10.1. The Kier molecular flexibility index (Phi) is 5.46. The maximum absolute atomic E-state index is 5.58. The second-order valence-corrected chi connectivity index (χ2v) is 5.50. The van der Waals surface area contributed by atoms with Gasteiger partial charge in [-0.3, -0.25) is 0 Å². The Bertz CT molecular complexity index is 214. The minimum absolute atomic E-state index is 0.136. The van der Waals surface area contributed by atoms with Gasteiger partial charge < -0.3 is 14.8 Å². The molecule has 94 valence electrons. The number of rotatable bonds is 6. The van der Waals surface area contributed by atoms with Gasteiger partial charge in [-0.1, -0.05) is 6.58 Å². The molecular formula is C13H25NO2. The highest BCUT2D eigenvalue weighted by Crippen LogP contribution is 2.12. The third kappa shape index (κ3) is 6.26. The second kappa shape index (κ2) is 6.38. The van der Waals surface area contributed by atoms with Gasteiger partial charge in [-0.25, -0.2) is 0 Å². The molecule has 16 heavy (non-hydrogen) atoms. The summed E-state index contributed by atoms with van der Waals surface area (Å²) in [6.45, 7) is 13.5. The summed E-state index contributed by atoms with van der Waals surface area (Å²) in [5.41, 5.74) is 1.23. The number of hydrogen-bond acceptors (Lipinski definition) is 3. The summed E-state index contributed by atoms with van der Waals surface area (Å²) >= 11 is 0. The van der Waals surface area contributed by atoms with E-state index >= 15 is 0 Å². The largest absolute Gasteiger partial charge is 0.376 e. The zero-order valence-electron chi connectivity index (χ0n) is 10.8. The van der Waals surface area contributed by atoms with Crippen LogP contribution in [0.15, 0.2) is 12.2 Å². The summed E-state index contributed by atoms with van der Waals surface area (Å²) in [5, 5.41) is 3.39. The van der Waals surface area contributed by atoms with Crippen molar-refractivity contribution in [2.45, 2.75) is 45.3 Å². The predicted octanol–water partition coefficient (Wildman–Crippen LogP) is 2.13. The molecule has 1 aliphatic rings. The summed E-state index contributed by atoms with van der Waals surface area (Å²) in [5.74, 6) is 0. The van der Waals surface area contributed by atoms with Crippen molar-refractivity contribution in [3.05, 3.63) is 12.2 Å². The lowest BCUT2D eigenvalue weighted by Crippen LogP contribution is -2.37. The van der Waals surface area contributed by atoms with E-state index in [0.717, 1.165) is 25.1 Å². The van der Waals surface area contributed by atoms with Gasteiger partial charge in [0.05, 0.1) is 19.3 Å². The molecule has 0 amide bonds. The molecule has 1 rings (SSSR count). The smallest absolute Gasteiger partial charge is 0.0809 e. The Hall–Kier alpha value is -0.380. The van der Waals surface area contributed by atoms with Crippen LogP contribution in [0.4, 0.5) is 0 Å². The third-order valence-electron chi connectivity index (χ3n) is 2.50. The van der Waals surface area contributed by atoms with E-state index in [1.807, 2.05) is 0 Å². The van der Waals surface area contributed by atoms with Crippen LogP contribution in [-0.2, 0) is 9.47 Å². The topological polar surface area (TPSA) is 30.5 Å². The first-order chi connectivity index (χ1) is 7.47. The molecule has 0 spiro atoms. The standard InChI is InChI=1S/C13H25NO2/c1-11(8-14-13(2,3)4)9-15-10-12-6-5-7-16-12/h12,14H,1,5-10H2,2-4H3. The van der Waals surface area contributed by atoms with Gasteiger partial charge in [0.15, 0.2) is 0 Å². The van der Waals surface area contributed by atoms with Crippen molar-refractivity contribution in [3.63, 3.8) is 0 Å². The van der Waals surface area contributed by atoms with Crippen LogP contribution in [0, 0.1) is 0 Å². The molecule has 3 nitrogen and oxygen atoms in total. The molecule has 0 bridgehead atoms. The van der Waals surface area contributed by atoms with Gasteiger partial charge in [0.1, 0.15) is 0 Å². The van der Waals surface area contributed by atoms with Crippen LogP contribution in [0.3, 0.4) is 0 Å². The van der Waals surface area contributed by atoms with Gasteiger partial charge in [0, 0.05) is 18.7 Å². The molecule has 3 heteroatoms. The first-order valence-electron chi connectivity index (χ1n) is 6.08. The molecule has 1 fully saturated rings. The van der Waals surface area contributed by atoms with E-state index in [1.165, 1.54) is 6.42 Å². The molecule has 0 aromatic heterocycles. The van der Waals surface area contributed by atoms with E-state index in [4.69, 9.17) is 9.47 Å². The van der Waals surface area contributed by atoms with Crippen LogP contribution in [0.25, 0.3) is 0 Å². The van der Waals surface area contributed by atoms with Crippen molar-refractivity contribution in [2.75, 3.05) is 26.4 Å². The Balaban J connectivity index is 2.01. The van der Waals surface area contributed by atoms with Gasteiger partial charge in [0.25, 0.3) is 0 Å². The number of ether oxygens (including phenoxy) is 2. The molecule has 1 N–H and O–H groups in total. The summed E-state index contributed by atoms with van der Waals surface area (Å²) in [6, 6.07) is 0. The molecule has 1 aliphatic heterocycles. The van der Waals surface area contributed by atoms with Crippen molar-refractivity contribution < 1.29 is 9.47 Å². The van der Waals surface area contributed by atoms with Crippen LogP contribution in [0.5, 0.6) is 0 Å². The predicted molar refractivity (Wildman–Crippen MR) is 66.7 cm³/mol. The van der Waals surface area contributed by atoms with Crippen molar-refractivity contribution >= 4 is 0 Å². The Morgan fingerprint density at radius 1 is 1.50 bits per heavy atom. The van der Waals surface area contributed by atoms with E-state index in [-0.39, 0.29) is 5.54 Å². The van der Waals surface area contributed by atoms with Crippen molar-refractivity contribution in [1.29, 1.82) is 0 Å². The van der Waals surface area contributed by atoms with Gasteiger partial charge in [-0.2, -0.15) is 0 Å². The fourth-order valence-corrected chi connectivity index (χ4v) is 1.55. The Morgan fingerprint density at radius 2 is 2.25 bits per heavy atom. The highest BCUT2D eigenvalue weighted by Gasteiger charge is 2.15. The summed E-state index contributed by atoms with van der Waals surface area (Å²) in [7, 11) is 0. The number of hydrogen-bond donors (Lipinski definition) is 1. The molecule has 0 aliphatic carbocycles. The Morgan fingerprint density at radius 3 is 2.81 bits per heavy atom. The molecule has 0 radical (unpaired) electrons. The highest BCUT2D eigenvalue weighted by molar-refractivity contribution is 4.98. The third-order valence-corrected chi connectivity index (χ3v) is 2.50. The van der Waals surface area contributed by atoms with Crippen LogP contribution in [-0.4, -0.2) is 38.0 Å². The van der Waals surface area contributed by atoms with E-state index in [0.29, 0.717) is 19.3 Å². The van der Waals surface area contributed by atoms with Crippen LogP contribution < -0.4 is 5.32 Å². The lowest BCUT2D eigenvalue weighted by molar-refractivity contribution is 0.0244. The fourth-order valence-electron chi connectivity index (χ4n) is 1.55. The van der Waals surface area contributed by atoms with Gasteiger partial charge in [0.2, 0.25) is 0 Å². The zero-order valence-corrected chi connectivity index (χ0v) is 10.8. The summed E-state index contributed by atoms with van der Waals surface area (Å²) < 4.78 is 11.1. The molecule has 1 saturated heterocycles. The monoisotopic (exact) mass is 227 g/mol. The van der Waals surface area contributed by atoms with Gasteiger partial charge in [-0.05, 0) is 39.2 Å². The summed E-state index contributed by atoms with van der Waals surface area (Å²) in [6.07, 6.45) is 2.61. The molecular weight excluding hydrogens is 202 g/mol. The van der Waals surface area contributed by atoms with Crippen molar-refractivity contribution in [2.24, 2.45) is 0 Å². The lowest BCUT2D eigenvalue weighted by Gasteiger charge is -2.21. The fraction of sp³-hybridized carbons (Fsp3) is 0.846. The average molecular weight is 227 g/mol. The molecule has 0 saturated carbocycles. The van der Waals surface area contributed by atoms with Crippen molar-refractivity contribution in [1.82, 2.24) is 5.32 Å². The molecule has 1 unspecified atom stereocenters. The van der Waals surface area contributed by atoms with E-state index in [1.54, 1.807) is 0 Å². The summed E-state index contributed by atoms with van der Waals surface area (Å²) in [4.78, 5) is 0.